The standard InChI is InChI=1S/C39H52N2/c1-36(2,3)27-39(10,11)32-21-24-34(25-22-32)41-35(29-15-19-31(20-16-29)38(7,8)9)26-33(40-41)23-14-28-12-17-30(18-13-28)37(4,5)6/h12-26,35,40H,27H2,1-11H3. The van der Waals surface area contributed by atoms with Crippen molar-refractivity contribution in [3.8, 4) is 0 Å². The monoisotopic (exact) mass is 548 g/mol. The molecule has 2 heteroatoms. The van der Waals surface area contributed by atoms with Crippen LogP contribution in [0.1, 0.15) is 116 Å². The normalized spacial score (nSPS) is 16.7. The lowest BCUT2D eigenvalue weighted by Crippen LogP contribution is -2.34. The Bertz CT molecular complexity index is 1360. The minimum Gasteiger partial charge on any atom is -0.298 e. The first kappa shape index (κ1) is 30.7. The zero-order valence-electron chi connectivity index (χ0n) is 27.4. The predicted octanol–water partition coefficient (Wildman–Crippen LogP) is 10.7. The lowest BCUT2D eigenvalue weighted by atomic mass is 9.72. The molecule has 1 aliphatic heterocycles. The third-order valence-electron chi connectivity index (χ3n) is 8.11. The number of nitrogens with one attached hydrogen (secondary N) is 1. The number of hydrogen-bond acceptors (Lipinski definition) is 2. The third-order valence-corrected chi connectivity index (χ3v) is 8.11. The molecular weight excluding hydrogens is 496 g/mol. The maximum atomic E-state index is 3.71. The second kappa shape index (κ2) is 11.2. The van der Waals surface area contributed by atoms with E-state index in [4.69, 9.17) is 0 Å². The van der Waals surface area contributed by atoms with Gasteiger partial charge in [0.25, 0.3) is 0 Å². The summed E-state index contributed by atoms with van der Waals surface area (Å²) in [5.41, 5.74) is 13.2. The van der Waals surface area contributed by atoms with E-state index in [1.807, 2.05) is 0 Å². The molecule has 1 N–H and O–H groups in total. The Kier molecular flexibility index (Phi) is 8.38. The largest absolute Gasteiger partial charge is 0.298 e. The Morgan fingerprint density at radius 1 is 0.610 bits per heavy atom. The Hall–Kier alpha value is -3.26. The van der Waals surface area contributed by atoms with E-state index in [9.17, 15) is 0 Å². The minimum atomic E-state index is 0.0976. The zero-order chi connectivity index (χ0) is 30.2. The van der Waals surface area contributed by atoms with Gasteiger partial charge in [0.2, 0.25) is 0 Å². The molecule has 0 spiro atoms. The molecule has 1 unspecified atom stereocenters. The summed E-state index contributed by atoms with van der Waals surface area (Å²) in [5, 5.41) is 2.30. The van der Waals surface area contributed by atoms with E-state index in [-0.39, 0.29) is 27.7 Å². The fourth-order valence-corrected chi connectivity index (χ4v) is 6.02. The van der Waals surface area contributed by atoms with E-state index >= 15 is 0 Å². The van der Waals surface area contributed by atoms with Crippen molar-refractivity contribution in [2.24, 2.45) is 5.41 Å². The molecule has 0 radical (unpaired) electrons. The summed E-state index contributed by atoms with van der Waals surface area (Å²) in [5.74, 6) is 0. The zero-order valence-corrected chi connectivity index (χ0v) is 27.4. The third kappa shape index (κ3) is 7.73. The predicted molar refractivity (Wildman–Crippen MR) is 179 cm³/mol. The molecule has 1 heterocycles. The topological polar surface area (TPSA) is 15.3 Å². The summed E-state index contributed by atoms with van der Waals surface area (Å²) < 4.78 is 0. The number of nitrogens with zero attached hydrogens (tertiary/aromatic N) is 1. The van der Waals surface area contributed by atoms with Crippen LogP contribution in [0.15, 0.2) is 90.6 Å². The van der Waals surface area contributed by atoms with E-state index < -0.39 is 0 Å². The Morgan fingerprint density at radius 3 is 1.59 bits per heavy atom. The highest BCUT2D eigenvalue weighted by molar-refractivity contribution is 5.59. The molecule has 218 valence electrons. The van der Waals surface area contributed by atoms with Gasteiger partial charge in [-0.05, 0) is 80.2 Å². The maximum Gasteiger partial charge on any atom is 0.0958 e. The molecule has 3 aromatic rings. The summed E-state index contributed by atoms with van der Waals surface area (Å²) in [6.07, 6.45) is 7.87. The van der Waals surface area contributed by atoms with Crippen LogP contribution in [-0.2, 0) is 16.2 Å². The van der Waals surface area contributed by atoms with Crippen LogP contribution in [0.4, 0.5) is 5.69 Å². The van der Waals surface area contributed by atoms with Crippen LogP contribution in [0, 0.1) is 5.41 Å². The second-order valence-corrected chi connectivity index (χ2v) is 15.8. The van der Waals surface area contributed by atoms with E-state index in [0.717, 1.165) is 12.1 Å². The molecule has 2 nitrogen and oxygen atoms in total. The van der Waals surface area contributed by atoms with Gasteiger partial charge in [0.05, 0.1) is 17.4 Å². The fourth-order valence-electron chi connectivity index (χ4n) is 6.02. The van der Waals surface area contributed by atoms with Gasteiger partial charge in [0.15, 0.2) is 0 Å². The van der Waals surface area contributed by atoms with E-state index in [0.29, 0.717) is 0 Å². The summed E-state index contributed by atoms with van der Waals surface area (Å²) in [7, 11) is 0. The molecule has 0 amide bonds. The molecule has 1 atom stereocenters. The number of hydrazine groups is 1. The SMILES string of the molecule is CC(C)(C)CC(C)(C)c1ccc(N2NC(C=Cc3ccc(C(C)(C)C)cc3)=CC2c2ccc(C(C)(C)C)cc2)cc1. The summed E-state index contributed by atoms with van der Waals surface area (Å²) >= 11 is 0. The van der Waals surface area contributed by atoms with E-state index in [1.165, 1.54) is 33.5 Å². The van der Waals surface area contributed by atoms with Gasteiger partial charge in [-0.2, -0.15) is 0 Å². The van der Waals surface area contributed by atoms with Crippen molar-refractivity contribution in [2.75, 3.05) is 5.01 Å². The first-order chi connectivity index (χ1) is 18.9. The van der Waals surface area contributed by atoms with E-state index in [2.05, 4.69) is 178 Å². The molecule has 0 saturated carbocycles. The Labute approximate surface area is 250 Å². The smallest absolute Gasteiger partial charge is 0.0958 e. The average Bonchev–Trinajstić information content (AvgIpc) is 3.30. The lowest BCUT2D eigenvalue weighted by Gasteiger charge is -2.34. The highest BCUT2D eigenvalue weighted by Gasteiger charge is 2.29. The van der Waals surface area contributed by atoms with E-state index in [1.54, 1.807) is 0 Å². The van der Waals surface area contributed by atoms with Crippen molar-refractivity contribution in [2.45, 2.75) is 105 Å². The molecule has 0 saturated heterocycles. The Morgan fingerprint density at radius 2 is 1.10 bits per heavy atom. The number of benzene rings is 3. The second-order valence-electron chi connectivity index (χ2n) is 15.8. The fraction of sp³-hybridized carbons (Fsp3) is 0.436. The summed E-state index contributed by atoms with van der Waals surface area (Å²) in [6.45, 7) is 25.3. The number of allylic oxidation sites excluding steroid dienone is 1. The van der Waals surface area contributed by atoms with Crippen molar-refractivity contribution >= 4 is 11.8 Å². The molecule has 0 aliphatic carbocycles. The Balaban J connectivity index is 1.63. The van der Waals surface area contributed by atoms with Gasteiger partial charge >= 0.3 is 0 Å². The van der Waals surface area contributed by atoms with Gasteiger partial charge in [-0.15, -0.1) is 0 Å². The molecule has 0 fully saturated rings. The maximum absolute atomic E-state index is 3.71. The van der Waals surface area contributed by atoms with Gasteiger partial charge in [0, 0.05) is 0 Å². The molecule has 0 aromatic heterocycles. The number of hydrogen-bond donors (Lipinski definition) is 1. The summed E-state index contributed by atoms with van der Waals surface area (Å²) in [6, 6.07) is 27.3. The molecule has 1 aliphatic rings. The average molecular weight is 549 g/mol. The van der Waals surface area contributed by atoms with Crippen LogP contribution in [0.3, 0.4) is 0 Å². The van der Waals surface area contributed by atoms with Crippen molar-refractivity contribution < 1.29 is 0 Å². The number of rotatable bonds is 6. The first-order valence-electron chi connectivity index (χ1n) is 15.2. The highest BCUT2D eigenvalue weighted by atomic mass is 15.5. The molecule has 0 bridgehead atoms. The first-order valence-corrected chi connectivity index (χ1v) is 15.2. The number of anilines is 1. The highest BCUT2D eigenvalue weighted by Crippen LogP contribution is 2.38. The van der Waals surface area contributed by atoms with Gasteiger partial charge < -0.3 is 0 Å². The summed E-state index contributed by atoms with van der Waals surface area (Å²) in [4.78, 5) is 0. The quantitative estimate of drug-likeness (QED) is 0.329. The van der Waals surface area contributed by atoms with Gasteiger partial charge in [-0.25, -0.2) is 0 Å². The lowest BCUT2D eigenvalue weighted by molar-refractivity contribution is 0.284. The van der Waals surface area contributed by atoms with Crippen molar-refractivity contribution in [3.05, 3.63) is 118 Å². The van der Waals surface area contributed by atoms with Crippen molar-refractivity contribution in [1.29, 1.82) is 0 Å². The molecule has 4 rings (SSSR count). The minimum absolute atomic E-state index is 0.0976. The molecule has 41 heavy (non-hydrogen) atoms. The van der Waals surface area contributed by atoms with Crippen LogP contribution in [0.5, 0.6) is 0 Å². The van der Waals surface area contributed by atoms with Crippen molar-refractivity contribution in [3.63, 3.8) is 0 Å². The van der Waals surface area contributed by atoms with Crippen molar-refractivity contribution in [1.82, 2.24) is 5.43 Å². The van der Waals surface area contributed by atoms with Gasteiger partial charge in [-0.1, -0.05) is 143 Å². The van der Waals surface area contributed by atoms with Crippen LogP contribution >= 0.6 is 0 Å². The molecule has 3 aromatic carbocycles. The van der Waals surface area contributed by atoms with Gasteiger partial charge in [-0.3, -0.25) is 10.4 Å². The van der Waals surface area contributed by atoms with Crippen LogP contribution in [-0.4, -0.2) is 0 Å². The van der Waals surface area contributed by atoms with Crippen LogP contribution in [0.25, 0.3) is 6.08 Å². The van der Waals surface area contributed by atoms with Gasteiger partial charge in [0.1, 0.15) is 0 Å². The van der Waals surface area contributed by atoms with Crippen LogP contribution in [0.2, 0.25) is 0 Å². The van der Waals surface area contributed by atoms with Crippen LogP contribution < -0.4 is 10.4 Å². The molecular formula is C39H52N2.